The van der Waals surface area contributed by atoms with Crippen molar-refractivity contribution in [1.82, 2.24) is 10.3 Å². The zero-order valence-electron chi connectivity index (χ0n) is 15.4. The van der Waals surface area contributed by atoms with Crippen LogP contribution in [-0.2, 0) is 12.8 Å². The van der Waals surface area contributed by atoms with E-state index in [2.05, 4.69) is 27.8 Å². The topological polar surface area (TPSA) is 72.5 Å². The molecule has 0 unspecified atom stereocenters. The first-order valence-electron chi connectivity index (χ1n) is 9.36. The molecule has 3 aromatic rings. The van der Waals surface area contributed by atoms with Gasteiger partial charge in [-0.25, -0.2) is 4.98 Å². The van der Waals surface area contributed by atoms with Crippen LogP contribution in [0.25, 0.3) is 0 Å². The summed E-state index contributed by atoms with van der Waals surface area (Å²) >= 11 is 6.25. The van der Waals surface area contributed by atoms with E-state index in [9.17, 15) is 4.79 Å². The molecule has 6 nitrogen and oxygen atoms in total. The van der Waals surface area contributed by atoms with E-state index in [1.807, 2.05) is 30.3 Å². The van der Waals surface area contributed by atoms with Crippen LogP contribution in [-0.4, -0.2) is 23.7 Å². The molecule has 0 spiro atoms. The zero-order valence-corrected chi connectivity index (χ0v) is 16.2. The van der Waals surface area contributed by atoms with Crippen molar-refractivity contribution in [2.75, 3.05) is 12.1 Å². The van der Waals surface area contributed by atoms with E-state index < -0.39 is 0 Å². The molecule has 0 radical (unpaired) electrons. The average Bonchev–Trinajstić information content (AvgIpc) is 3.34. The molecule has 2 aliphatic rings. The Morgan fingerprint density at radius 2 is 1.83 bits per heavy atom. The standard InChI is InChI=1S/C22H18ClN3O3/c23-15-10-18(22(27)24-16-8-13-4-1-2-5-14(13)9-16)26-20(11-15)25-17-6-3-7-19-21(17)29-12-28-19/h1-7,10-11,16H,8-9,12H2,(H,24,27)(H,25,26). The Morgan fingerprint density at radius 1 is 1.03 bits per heavy atom. The summed E-state index contributed by atoms with van der Waals surface area (Å²) in [6, 6.07) is 17.1. The van der Waals surface area contributed by atoms with Gasteiger partial charge in [-0.15, -0.1) is 0 Å². The lowest BCUT2D eigenvalue weighted by Gasteiger charge is -2.13. The highest BCUT2D eigenvalue weighted by Gasteiger charge is 2.24. The van der Waals surface area contributed by atoms with E-state index >= 15 is 0 Å². The Bertz CT molecular complexity index is 1080. The number of benzene rings is 2. The van der Waals surface area contributed by atoms with Crippen molar-refractivity contribution < 1.29 is 14.3 Å². The predicted molar refractivity (Wildman–Crippen MR) is 110 cm³/mol. The number of rotatable bonds is 4. The third-order valence-corrected chi connectivity index (χ3v) is 5.29. The van der Waals surface area contributed by atoms with E-state index in [4.69, 9.17) is 21.1 Å². The lowest BCUT2D eigenvalue weighted by molar-refractivity contribution is 0.0933. The van der Waals surface area contributed by atoms with E-state index in [1.165, 1.54) is 11.1 Å². The molecular formula is C22H18ClN3O3. The molecule has 1 aromatic heterocycles. The molecule has 1 aliphatic carbocycles. The first-order chi connectivity index (χ1) is 14.2. The maximum atomic E-state index is 12.8. The number of hydrogen-bond acceptors (Lipinski definition) is 5. The Balaban J connectivity index is 1.33. The Labute approximate surface area is 172 Å². The highest BCUT2D eigenvalue weighted by atomic mass is 35.5. The Hall–Kier alpha value is -3.25. The summed E-state index contributed by atoms with van der Waals surface area (Å²) in [6.07, 6.45) is 1.64. The molecule has 0 atom stereocenters. The summed E-state index contributed by atoms with van der Waals surface area (Å²) in [5, 5.41) is 6.66. The summed E-state index contributed by atoms with van der Waals surface area (Å²) in [4.78, 5) is 17.2. The van der Waals surface area contributed by atoms with Crippen LogP contribution in [0, 0.1) is 0 Å². The van der Waals surface area contributed by atoms with Gasteiger partial charge in [0.1, 0.15) is 11.5 Å². The number of nitrogens with zero attached hydrogens (tertiary/aromatic N) is 1. The molecule has 0 saturated heterocycles. The minimum atomic E-state index is -0.244. The Morgan fingerprint density at radius 3 is 2.62 bits per heavy atom. The van der Waals surface area contributed by atoms with Crippen LogP contribution in [0.4, 0.5) is 11.5 Å². The van der Waals surface area contributed by atoms with Crippen molar-refractivity contribution in [2.45, 2.75) is 18.9 Å². The van der Waals surface area contributed by atoms with Gasteiger partial charge >= 0.3 is 0 Å². The number of anilines is 2. The van der Waals surface area contributed by atoms with Crippen molar-refractivity contribution in [2.24, 2.45) is 0 Å². The minimum Gasteiger partial charge on any atom is -0.454 e. The van der Waals surface area contributed by atoms with Gasteiger partial charge in [0, 0.05) is 11.1 Å². The fourth-order valence-electron chi connectivity index (χ4n) is 3.76. The van der Waals surface area contributed by atoms with Crippen molar-refractivity contribution in [3.05, 3.63) is 76.4 Å². The summed E-state index contributed by atoms with van der Waals surface area (Å²) in [6.45, 7) is 0.175. The van der Waals surface area contributed by atoms with Crippen LogP contribution in [0.15, 0.2) is 54.6 Å². The van der Waals surface area contributed by atoms with E-state index in [0.717, 1.165) is 12.8 Å². The first kappa shape index (κ1) is 17.8. The minimum absolute atomic E-state index is 0.0556. The molecule has 5 rings (SSSR count). The number of amides is 1. The van der Waals surface area contributed by atoms with Crippen LogP contribution >= 0.6 is 11.6 Å². The maximum Gasteiger partial charge on any atom is 0.270 e. The SMILES string of the molecule is O=C(NC1Cc2ccccc2C1)c1cc(Cl)cc(Nc2cccc3c2OCO3)n1. The molecule has 1 aliphatic heterocycles. The summed E-state index contributed by atoms with van der Waals surface area (Å²) in [7, 11) is 0. The molecule has 29 heavy (non-hydrogen) atoms. The second-order valence-corrected chi connectivity index (χ2v) is 7.50. The van der Waals surface area contributed by atoms with Crippen LogP contribution in [0.2, 0.25) is 5.02 Å². The number of hydrogen-bond donors (Lipinski definition) is 2. The van der Waals surface area contributed by atoms with Crippen molar-refractivity contribution in [3.63, 3.8) is 0 Å². The number of pyridine rings is 1. The van der Waals surface area contributed by atoms with Gasteiger partial charge in [-0.1, -0.05) is 41.9 Å². The van der Waals surface area contributed by atoms with Gasteiger partial charge in [0.15, 0.2) is 11.5 Å². The van der Waals surface area contributed by atoms with Crippen molar-refractivity contribution in [3.8, 4) is 11.5 Å². The molecule has 2 N–H and O–H groups in total. The van der Waals surface area contributed by atoms with Crippen molar-refractivity contribution >= 4 is 29.0 Å². The number of ether oxygens (including phenoxy) is 2. The number of nitrogens with one attached hydrogen (secondary N) is 2. The number of fused-ring (bicyclic) bond motifs is 2. The second kappa shape index (κ2) is 7.29. The highest BCUT2D eigenvalue weighted by Crippen LogP contribution is 2.40. The fraction of sp³-hybridized carbons (Fsp3) is 0.182. The highest BCUT2D eigenvalue weighted by molar-refractivity contribution is 6.31. The monoisotopic (exact) mass is 407 g/mol. The molecule has 0 fully saturated rings. The van der Waals surface area contributed by atoms with Gasteiger partial charge in [0.2, 0.25) is 6.79 Å². The number of halogens is 1. The molecule has 2 aromatic carbocycles. The third kappa shape index (κ3) is 3.59. The molecule has 0 bridgehead atoms. The number of para-hydroxylation sites is 1. The van der Waals surface area contributed by atoms with Gasteiger partial charge in [0.05, 0.1) is 5.69 Å². The van der Waals surface area contributed by atoms with Gasteiger partial charge < -0.3 is 20.1 Å². The third-order valence-electron chi connectivity index (χ3n) is 5.07. The molecule has 146 valence electrons. The normalized spacial score (nSPS) is 14.5. The quantitative estimate of drug-likeness (QED) is 0.681. The smallest absolute Gasteiger partial charge is 0.270 e. The molecule has 0 saturated carbocycles. The van der Waals surface area contributed by atoms with Crippen LogP contribution < -0.4 is 20.1 Å². The number of carbonyl (C=O) groups excluding carboxylic acids is 1. The fourth-order valence-corrected chi connectivity index (χ4v) is 3.97. The lowest BCUT2D eigenvalue weighted by atomic mass is 10.1. The van der Waals surface area contributed by atoms with Gasteiger partial charge in [-0.2, -0.15) is 0 Å². The molecular weight excluding hydrogens is 390 g/mol. The molecule has 1 amide bonds. The van der Waals surface area contributed by atoms with Gasteiger partial charge in [-0.3, -0.25) is 4.79 Å². The van der Waals surface area contributed by atoms with Crippen molar-refractivity contribution in [1.29, 1.82) is 0 Å². The van der Waals surface area contributed by atoms with E-state index in [-0.39, 0.29) is 24.4 Å². The summed E-state index contributed by atoms with van der Waals surface area (Å²) in [5.74, 6) is 1.49. The van der Waals surface area contributed by atoms with Crippen LogP contribution in [0.5, 0.6) is 11.5 Å². The first-order valence-corrected chi connectivity index (χ1v) is 9.74. The Kier molecular flexibility index (Phi) is 4.48. The molecule has 2 heterocycles. The van der Waals surface area contributed by atoms with Crippen LogP contribution in [0.3, 0.4) is 0 Å². The second-order valence-electron chi connectivity index (χ2n) is 7.07. The summed E-state index contributed by atoms with van der Waals surface area (Å²) in [5.41, 5.74) is 3.52. The van der Waals surface area contributed by atoms with Gasteiger partial charge in [0.25, 0.3) is 5.91 Å². The number of aromatic nitrogens is 1. The van der Waals surface area contributed by atoms with E-state index in [1.54, 1.807) is 12.1 Å². The maximum absolute atomic E-state index is 12.8. The molecule has 7 heteroatoms. The lowest BCUT2D eigenvalue weighted by Crippen LogP contribution is -2.35. The average molecular weight is 408 g/mol. The van der Waals surface area contributed by atoms with E-state index in [0.29, 0.717) is 28.0 Å². The number of carbonyl (C=O) groups is 1. The summed E-state index contributed by atoms with van der Waals surface area (Å²) < 4.78 is 10.9. The predicted octanol–water partition coefficient (Wildman–Crippen LogP) is 4.10. The largest absolute Gasteiger partial charge is 0.454 e. The van der Waals surface area contributed by atoms with Gasteiger partial charge in [-0.05, 0) is 48.2 Å². The zero-order chi connectivity index (χ0) is 19.8. The van der Waals surface area contributed by atoms with Crippen LogP contribution in [0.1, 0.15) is 21.6 Å².